The Bertz CT molecular complexity index is 959. The van der Waals surface area contributed by atoms with Crippen LogP contribution in [-0.2, 0) is 10.3 Å². The molecule has 5 nitrogen and oxygen atoms in total. The van der Waals surface area contributed by atoms with Gasteiger partial charge in [-0.15, -0.1) is 11.3 Å². The molecule has 0 aliphatic carbocycles. The first kappa shape index (κ1) is 18.4. The number of aryl methyl sites for hydroxylation is 1. The summed E-state index contributed by atoms with van der Waals surface area (Å²) in [5.41, 5.74) is 0.334. The number of carbonyl (C=O) groups is 1. The molecule has 134 valence electrons. The summed E-state index contributed by atoms with van der Waals surface area (Å²) in [5.74, 6) is 0.677. The van der Waals surface area contributed by atoms with Gasteiger partial charge in [-0.1, -0.05) is 28.9 Å². The van der Waals surface area contributed by atoms with Crippen molar-refractivity contribution in [2.75, 3.05) is 0 Å². The maximum atomic E-state index is 12.2. The van der Waals surface area contributed by atoms with Crippen LogP contribution >= 0.6 is 22.9 Å². The second-order valence-electron chi connectivity index (χ2n) is 6.30. The van der Waals surface area contributed by atoms with Gasteiger partial charge in [0.15, 0.2) is 5.82 Å². The lowest BCUT2D eigenvalue weighted by molar-refractivity contribution is -0.118. The maximum absolute atomic E-state index is 12.2. The van der Waals surface area contributed by atoms with Crippen molar-refractivity contribution in [3.8, 4) is 10.4 Å². The van der Waals surface area contributed by atoms with Crippen molar-refractivity contribution in [3.63, 3.8) is 0 Å². The smallest absolute Gasteiger partial charge is 0.244 e. The van der Waals surface area contributed by atoms with Crippen LogP contribution in [0.25, 0.3) is 16.5 Å². The normalized spacial score (nSPS) is 11.8. The fraction of sp³-hybridized carbons (Fsp3) is 0.211. The summed E-state index contributed by atoms with van der Waals surface area (Å²) in [5, 5.41) is 7.45. The monoisotopic (exact) mass is 387 g/mol. The third-order valence-corrected chi connectivity index (χ3v) is 4.99. The molecule has 26 heavy (non-hydrogen) atoms. The Hall–Kier alpha value is -2.44. The number of carbonyl (C=O) groups excluding carboxylic acids is 1. The van der Waals surface area contributed by atoms with Gasteiger partial charge in [-0.3, -0.25) is 4.79 Å². The molecule has 0 fully saturated rings. The molecule has 0 unspecified atom stereocenters. The van der Waals surface area contributed by atoms with Gasteiger partial charge in [-0.2, -0.15) is 4.98 Å². The second kappa shape index (κ2) is 7.43. The Balaban J connectivity index is 1.67. The molecule has 0 aliphatic heterocycles. The quantitative estimate of drug-likeness (QED) is 0.637. The molecule has 1 amide bonds. The van der Waals surface area contributed by atoms with E-state index in [2.05, 4.69) is 15.5 Å². The van der Waals surface area contributed by atoms with Crippen LogP contribution in [0.2, 0.25) is 5.02 Å². The first-order valence-corrected chi connectivity index (χ1v) is 9.20. The van der Waals surface area contributed by atoms with Crippen LogP contribution in [0, 0.1) is 6.92 Å². The van der Waals surface area contributed by atoms with Crippen LogP contribution in [-0.4, -0.2) is 16.0 Å². The number of hydrogen-bond acceptors (Lipinski definition) is 5. The van der Waals surface area contributed by atoms with E-state index < -0.39 is 5.54 Å². The number of nitrogens with one attached hydrogen (secondary N) is 1. The first-order chi connectivity index (χ1) is 12.3. The van der Waals surface area contributed by atoms with E-state index >= 15 is 0 Å². The van der Waals surface area contributed by atoms with Gasteiger partial charge in [-0.05, 0) is 49.8 Å². The number of benzene rings is 1. The topological polar surface area (TPSA) is 68.0 Å². The third-order valence-electron chi connectivity index (χ3n) is 3.66. The van der Waals surface area contributed by atoms with Crippen molar-refractivity contribution in [2.24, 2.45) is 0 Å². The van der Waals surface area contributed by atoms with Crippen LogP contribution in [0.15, 0.2) is 47.0 Å². The molecular weight excluding hydrogens is 370 g/mol. The van der Waals surface area contributed by atoms with E-state index in [-0.39, 0.29) is 5.91 Å². The minimum Gasteiger partial charge on any atom is -0.340 e. The van der Waals surface area contributed by atoms with Gasteiger partial charge in [0, 0.05) is 27.8 Å². The Morgan fingerprint density at radius 2 is 2.12 bits per heavy atom. The Morgan fingerprint density at radius 1 is 1.31 bits per heavy atom. The van der Waals surface area contributed by atoms with E-state index in [1.807, 2.05) is 50.2 Å². The predicted octanol–water partition coefficient (Wildman–Crippen LogP) is 4.82. The summed E-state index contributed by atoms with van der Waals surface area (Å²) in [4.78, 5) is 18.5. The summed E-state index contributed by atoms with van der Waals surface area (Å²) in [6.07, 6.45) is 3.29. The Kier molecular flexibility index (Phi) is 5.25. The highest BCUT2D eigenvalue weighted by Crippen LogP contribution is 2.30. The van der Waals surface area contributed by atoms with Gasteiger partial charge < -0.3 is 9.84 Å². The molecule has 2 heterocycles. The van der Waals surface area contributed by atoms with Crippen LogP contribution < -0.4 is 5.32 Å². The fourth-order valence-electron chi connectivity index (χ4n) is 2.36. The molecule has 0 saturated carbocycles. The van der Waals surface area contributed by atoms with Gasteiger partial charge in [0.25, 0.3) is 0 Å². The molecule has 0 spiro atoms. The molecule has 1 N–H and O–H groups in total. The lowest BCUT2D eigenvalue weighted by atomic mass is 10.1. The van der Waals surface area contributed by atoms with Crippen LogP contribution in [0.1, 0.15) is 30.4 Å². The maximum Gasteiger partial charge on any atom is 0.244 e. The van der Waals surface area contributed by atoms with Gasteiger partial charge in [0.2, 0.25) is 11.8 Å². The third kappa shape index (κ3) is 4.39. The van der Waals surface area contributed by atoms with Gasteiger partial charge in [-0.25, -0.2) is 0 Å². The standard InChI is InChI=1S/C19H18ClN3O2S/c1-12-21-18(23-25-12)19(2,3)22-17(24)10-8-15-7-9-16(26-15)13-5-4-6-14(20)11-13/h4-11H,1-3H3,(H,22,24)/b10-8+. The summed E-state index contributed by atoms with van der Waals surface area (Å²) in [6.45, 7) is 5.36. The molecule has 3 aromatic rings. The van der Waals surface area contributed by atoms with Crippen molar-refractivity contribution in [1.82, 2.24) is 15.5 Å². The second-order valence-corrected chi connectivity index (χ2v) is 7.85. The zero-order chi connectivity index (χ0) is 18.7. The number of thiophene rings is 1. The molecule has 3 rings (SSSR count). The Labute approximate surface area is 160 Å². The largest absolute Gasteiger partial charge is 0.340 e. The van der Waals surface area contributed by atoms with E-state index in [0.29, 0.717) is 16.7 Å². The number of aromatic nitrogens is 2. The number of rotatable bonds is 5. The van der Waals surface area contributed by atoms with Gasteiger partial charge in [0.05, 0.1) is 5.54 Å². The van der Waals surface area contributed by atoms with Crippen molar-refractivity contribution < 1.29 is 9.32 Å². The van der Waals surface area contributed by atoms with Crippen LogP contribution in [0.4, 0.5) is 0 Å². The number of halogens is 1. The minimum atomic E-state index is -0.722. The number of nitrogens with zero attached hydrogens (tertiary/aromatic N) is 2. The number of amides is 1. The highest BCUT2D eigenvalue weighted by atomic mass is 35.5. The summed E-state index contributed by atoms with van der Waals surface area (Å²) in [6, 6.07) is 11.7. The Morgan fingerprint density at radius 3 is 2.81 bits per heavy atom. The first-order valence-electron chi connectivity index (χ1n) is 8.00. The SMILES string of the molecule is Cc1nc(C(C)(C)NC(=O)/C=C/c2ccc(-c3cccc(Cl)c3)s2)no1. The average Bonchev–Trinajstić information content (AvgIpc) is 3.22. The molecule has 7 heteroatoms. The molecule has 0 saturated heterocycles. The molecule has 1 aromatic carbocycles. The zero-order valence-electron chi connectivity index (χ0n) is 14.6. The number of hydrogen-bond donors (Lipinski definition) is 1. The zero-order valence-corrected chi connectivity index (χ0v) is 16.2. The lowest BCUT2D eigenvalue weighted by Crippen LogP contribution is -2.41. The highest BCUT2D eigenvalue weighted by molar-refractivity contribution is 7.16. The molecule has 0 radical (unpaired) electrons. The van der Waals surface area contributed by atoms with Gasteiger partial charge in [0.1, 0.15) is 0 Å². The van der Waals surface area contributed by atoms with Gasteiger partial charge >= 0.3 is 0 Å². The summed E-state index contributed by atoms with van der Waals surface area (Å²) < 4.78 is 4.98. The lowest BCUT2D eigenvalue weighted by Gasteiger charge is -2.21. The van der Waals surface area contributed by atoms with Crippen molar-refractivity contribution in [3.05, 3.63) is 64.1 Å². The molecule has 0 atom stereocenters. The molecular formula is C19H18ClN3O2S. The molecule has 0 aliphatic rings. The van der Waals surface area contributed by atoms with Crippen molar-refractivity contribution in [1.29, 1.82) is 0 Å². The van der Waals surface area contributed by atoms with Crippen molar-refractivity contribution in [2.45, 2.75) is 26.3 Å². The summed E-state index contributed by atoms with van der Waals surface area (Å²) >= 11 is 7.63. The van der Waals surface area contributed by atoms with Crippen LogP contribution in [0.5, 0.6) is 0 Å². The van der Waals surface area contributed by atoms with E-state index in [4.69, 9.17) is 16.1 Å². The molecule has 0 bridgehead atoms. The summed E-state index contributed by atoms with van der Waals surface area (Å²) in [7, 11) is 0. The van der Waals surface area contributed by atoms with E-state index in [1.165, 1.54) is 6.08 Å². The highest BCUT2D eigenvalue weighted by Gasteiger charge is 2.27. The van der Waals surface area contributed by atoms with Crippen molar-refractivity contribution >= 4 is 34.9 Å². The average molecular weight is 388 g/mol. The van der Waals surface area contributed by atoms with E-state index in [1.54, 1.807) is 24.3 Å². The van der Waals surface area contributed by atoms with E-state index in [0.717, 1.165) is 15.3 Å². The molecule has 2 aromatic heterocycles. The van der Waals surface area contributed by atoms with E-state index in [9.17, 15) is 4.79 Å². The predicted molar refractivity (Wildman–Crippen MR) is 104 cm³/mol. The minimum absolute atomic E-state index is 0.227. The fourth-order valence-corrected chi connectivity index (χ4v) is 3.45. The van der Waals surface area contributed by atoms with Crippen LogP contribution in [0.3, 0.4) is 0 Å².